The van der Waals surface area contributed by atoms with Gasteiger partial charge in [-0.3, -0.25) is 0 Å². The van der Waals surface area contributed by atoms with E-state index in [4.69, 9.17) is 23.2 Å². The van der Waals surface area contributed by atoms with Crippen molar-refractivity contribution in [3.63, 3.8) is 0 Å². The van der Waals surface area contributed by atoms with Crippen molar-refractivity contribution in [1.82, 2.24) is 0 Å². The first kappa shape index (κ1) is 16.2. The Bertz CT molecular complexity index is 596. The second kappa shape index (κ2) is 7.72. The molecule has 1 N–H and O–H groups in total. The molecule has 0 aliphatic heterocycles. The van der Waals surface area contributed by atoms with Gasteiger partial charge < -0.3 is 5.32 Å². The maximum absolute atomic E-state index is 6.14. The Hall–Kier alpha value is -1.18. The van der Waals surface area contributed by atoms with Gasteiger partial charge in [-0.1, -0.05) is 67.7 Å². The zero-order valence-electron chi connectivity index (χ0n) is 12.5. The Morgan fingerprint density at radius 2 is 1.76 bits per heavy atom. The summed E-state index contributed by atoms with van der Waals surface area (Å²) in [5.41, 5.74) is 3.73. The highest BCUT2D eigenvalue weighted by Crippen LogP contribution is 2.30. The summed E-state index contributed by atoms with van der Waals surface area (Å²) in [5.74, 6) is 0. The predicted molar refractivity (Wildman–Crippen MR) is 93.6 cm³/mol. The molecule has 1 nitrogen and oxygen atoms in total. The Balaban J connectivity index is 2.24. The second-order valence-electron chi connectivity index (χ2n) is 5.19. The number of anilines is 1. The fraction of sp³-hybridized carbons (Fsp3) is 0.333. The van der Waals surface area contributed by atoms with Crippen molar-refractivity contribution in [2.45, 2.75) is 39.2 Å². The van der Waals surface area contributed by atoms with Crippen LogP contribution in [0.5, 0.6) is 0 Å². The van der Waals surface area contributed by atoms with Crippen LogP contribution in [0.25, 0.3) is 0 Å². The van der Waals surface area contributed by atoms with Gasteiger partial charge in [-0.05, 0) is 42.2 Å². The number of halogens is 2. The normalized spacial score (nSPS) is 12.2. The van der Waals surface area contributed by atoms with Crippen LogP contribution in [0, 0.1) is 0 Å². The Labute approximate surface area is 137 Å². The van der Waals surface area contributed by atoms with E-state index in [-0.39, 0.29) is 6.04 Å². The van der Waals surface area contributed by atoms with E-state index in [0.29, 0.717) is 10.0 Å². The average molecular weight is 322 g/mol. The van der Waals surface area contributed by atoms with Gasteiger partial charge in [0.25, 0.3) is 0 Å². The van der Waals surface area contributed by atoms with Crippen LogP contribution in [0.3, 0.4) is 0 Å². The lowest BCUT2D eigenvalue weighted by Gasteiger charge is -2.21. The second-order valence-corrected chi connectivity index (χ2v) is 6.00. The molecule has 3 heteroatoms. The first-order valence-electron chi connectivity index (χ1n) is 7.45. The quantitative estimate of drug-likeness (QED) is 0.639. The van der Waals surface area contributed by atoms with Crippen molar-refractivity contribution in [1.29, 1.82) is 0 Å². The summed E-state index contributed by atoms with van der Waals surface area (Å²) in [6, 6.07) is 14.6. The largest absolute Gasteiger partial charge is 0.378 e. The third kappa shape index (κ3) is 4.15. The van der Waals surface area contributed by atoms with Crippen LogP contribution in [0.1, 0.15) is 43.9 Å². The number of hydrogen-bond acceptors (Lipinski definition) is 1. The van der Waals surface area contributed by atoms with E-state index < -0.39 is 0 Å². The number of para-hydroxylation sites is 1. The number of hydrogen-bond donors (Lipinski definition) is 1. The summed E-state index contributed by atoms with van der Waals surface area (Å²) < 4.78 is 0. The van der Waals surface area contributed by atoms with Crippen LogP contribution in [0.4, 0.5) is 5.69 Å². The van der Waals surface area contributed by atoms with E-state index in [1.807, 2.05) is 18.2 Å². The lowest BCUT2D eigenvalue weighted by atomic mass is 10.0. The molecule has 0 saturated carbocycles. The Morgan fingerprint density at radius 1 is 1.00 bits per heavy atom. The molecule has 0 bridgehead atoms. The average Bonchev–Trinajstić information content (AvgIpc) is 2.49. The molecule has 0 radical (unpaired) electrons. The first-order chi connectivity index (χ1) is 10.2. The molecule has 112 valence electrons. The predicted octanol–water partition coefficient (Wildman–Crippen LogP) is 6.51. The van der Waals surface area contributed by atoms with Gasteiger partial charge in [-0.2, -0.15) is 0 Å². The van der Waals surface area contributed by atoms with Gasteiger partial charge >= 0.3 is 0 Å². The summed E-state index contributed by atoms with van der Waals surface area (Å²) >= 11 is 12.1. The maximum Gasteiger partial charge on any atom is 0.0595 e. The maximum atomic E-state index is 6.14. The topological polar surface area (TPSA) is 12.0 Å². The van der Waals surface area contributed by atoms with E-state index in [9.17, 15) is 0 Å². The standard InChI is InChI=1S/C18H21Cl2N/c1-3-7-13-8-5-6-9-18(13)21-17(4-2)14-10-11-15(19)16(20)12-14/h5-6,8-12,17,21H,3-4,7H2,1-2H3. The van der Waals surface area contributed by atoms with Crippen molar-refractivity contribution in [2.24, 2.45) is 0 Å². The van der Waals surface area contributed by atoms with Crippen LogP contribution in [-0.2, 0) is 6.42 Å². The molecule has 0 aliphatic carbocycles. The van der Waals surface area contributed by atoms with Crippen molar-refractivity contribution in [3.8, 4) is 0 Å². The minimum absolute atomic E-state index is 0.234. The summed E-state index contributed by atoms with van der Waals surface area (Å²) in [6.45, 7) is 4.37. The van der Waals surface area contributed by atoms with Gasteiger partial charge in [0.15, 0.2) is 0 Å². The summed E-state index contributed by atoms with van der Waals surface area (Å²) in [7, 11) is 0. The van der Waals surface area contributed by atoms with Crippen molar-refractivity contribution < 1.29 is 0 Å². The van der Waals surface area contributed by atoms with E-state index in [1.165, 1.54) is 16.8 Å². The molecular formula is C18H21Cl2N. The molecule has 0 aromatic heterocycles. The van der Waals surface area contributed by atoms with Crippen LogP contribution in [0.15, 0.2) is 42.5 Å². The van der Waals surface area contributed by atoms with Gasteiger partial charge in [0.2, 0.25) is 0 Å². The molecule has 0 aliphatic rings. The molecule has 2 aromatic carbocycles. The molecule has 0 heterocycles. The minimum Gasteiger partial charge on any atom is -0.378 e. The number of benzene rings is 2. The smallest absolute Gasteiger partial charge is 0.0595 e. The third-order valence-electron chi connectivity index (χ3n) is 3.62. The van der Waals surface area contributed by atoms with E-state index in [1.54, 1.807) is 0 Å². The fourth-order valence-electron chi connectivity index (χ4n) is 2.49. The number of rotatable bonds is 6. The lowest BCUT2D eigenvalue weighted by molar-refractivity contribution is 0.746. The van der Waals surface area contributed by atoms with Crippen LogP contribution in [0.2, 0.25) is 10.0 Å². The van der Waals surface area contributed by atoms with Gasteiger partial charge in [-0.15, -0.1) is 0 Å². The van der Waals surface area contributed by atoms with Gasteiger partial charge in [0.05, 0.1) is 16.1 Å². The third-order valence-corrected chi connectivity index (χ3v) is 4.36. The summed E-state index contributed by atoms with van der Waals surface area (Å²) in [5, 5.41) is 4.85. The van der Waals surface area contributed by atoms with Crippen LogP contribution < -0.4 is 5.32 Å². The SMILES string of the molecule is CCCc1ccccc1NC(CC)c1ccc(Cl)c(Cl)c1. The van der Waals surface area contributed by atoms with E-state index >= 15 is 0 Å². The molecule has 2 rings (SSSR count). The highest BCUT2D eigenvalue weighted by Gasteiger charge is 2.12. The lowest BCUT2D eigenvalue weighted by Crippen LogP contribution is -2.11. The summed E-state index contributed by atoms with van der Waals surface area (Å²) in [4.78, 5) is 0. The van der Waals surface area contributed by atoms with Crippen LogP contribution in [-0.4, -0.2) is 0 Å². The molecule has 21 heavy (non-hydrogen) atoms. The molecule has 0 saturated heterocycles. The van der Waals surface area contributed by atoms with Crippen molar-refractivity contribution in [3.05, 3.63) is 63.6 Å². The van der Waals surface area contributed by atoms with Gasteiger partial charge in [-0.25, -0.2) is 0 Å². The summed E-state index contributed by atoms with van der Waals surface area (Å²) in [6.07, 6.45) is 3.21. The monoisotopic (exact) mass is 321 g/mol. The van der Waals surface area contributed by atoms with Gasteiger partial charge in [0, 0.05) is 5.69 Å². The highest BCUT2D eigenvalue weighted by molar-refractivity contribution is 6.42. The zero-order chi connectivity index (χ0) is 15.2. The molecule has 0 fully saturated rings. The zero-order valence-corrected chi connectivity index (χ0v) is 14.0. The molecule has 1 unspecified atom stereocenters. The molecule has 0 spiro atoms. The highest BCUT2D eigenvalue weighted by atomic mass is 35.5. The van der Waals surface area contributed by atoms with Crippen LogP contribution >= 0.6 is 23.2 Å². The van der Waals surface area contributed by atoms with E-state index in [0.717, 1.165) is 19.3 Å². The Morgan fingerprint density at radius 3 is 2.43 bits per heavy atom. The number of aryl methyl sites for hydroxylation is 1. The first-order valence-corrected chi connectivity index (χ1v) is 8.20. The Kier molecular flexibility index (Phi) is 5.96. The molecule has 2 aromatic rings. The van der Waals surface area contributed by atoms with E-state index in [2.05, 4.69) is 43.4 Å². The minimum atomic E-state index is 0.234. The molecule has 0 amide bonds. The van der Waals surface area contributed by atoms with Crippen molar-refractivity contribution >= 4 is 28.9 Å². The number of nitrogens with one attached hydrogen (secondary N) is 1. The molecule has 1 atom stereocenters. The fourth-order valence-corrected chi connectivity index (χ4v) is 2.79. The molecular weight excluding hydrogens is 301 g/mol. The van der Waals surface area contributed by atoms with Gasteiger partial charge in [0.1, 0.15) is 0 Å². The van der Waals surface area contributed by atoms with Crippen molar-refractivity contribution in [2.75, 3.05) is 5.32 Å².